The van der Waals surface area contributed by atoms with Crippen LogP contribution in [0.1, 0.15) is 48.9 Å². The molecular weight excluding hydrogens is 362 g/mol. The molecule has 3 amide bonds. The quantitative estimate of drug-likeness (QED) is 0.408. The number of aldehydes is 1. The predicted molar refractivity (Wildman–Crippen MR) is 106 cm³/mol. The van der Waals surface area contributed by atoms with E-state index in [0.29, 0.717) is 23.3 Å². The first-order valence-electron chi connectivity index (χ1n) is 9.71. The van der Waals surface area contributed by atoms with E-state index in [4.69, 9.17) is 0 Å². The Hall–Kier alpha value is -2.02. The molecule has 144 valence electrons. The summed E-state index contributed by atoms with van der Waals surface area (Å²) in [7, 11) is 0. The Balaban J connectivity index is 1.26. The minimum absolute atomic E-state index is 0.0499. The number of amides is 3. The SMILES string of the molecule is O=Cc1ccc(N(C(=O)CCCC[C@@H]2SC[C@@H]3NC(=O)N[C@@H]32)C2CC2)cc1. The summed E-state index contributed by atoms with van der Waals surface area (Å²) in [5.74, 6) is 1.14. The number of anilines is 1. The van der Waals surface area contributed by atoms with Crippen molar-refractivity contribution in [2.75, 3.05) is 10.7 Å². The van der Waals surface area contributed by atoms with E-state index in [1.54, 1.807) is 12.1 Å². The summed E-state index contributed by atoms with van der Waals surface area (Å²) in [5.41, 5.74) is 1.52. The molecule has 0 radical (unpaired) electrons. The van der Waals surface area contributed by atoms with Crippen LogP contribution in [0.4, 0.5) is 10.5 Å². The zero-order valence-electron chi connectivity index (χ0n) is 15.2. The summed E-state index contributed by atoms with van der Waals surface area (Å²) in [6.07, 6.45) is 6.35. The summed E-state index contributed by atoms with van der Waals surface area (Å²) in [4.78, 5) is 37.0. The number of nitrogens with zero attached hydrogens (tertiary/aromatic N) is 1. The highest BCUT2D eigenvalue weighted by Gasteiger charge is 2.42. The molecule has 3 aliphatic rings. The minimum Gasteiger partial charge on any atom is -0.332 e. The Morgan fingerprint density at radius 1 is 1.19 bits per heavy atom. The van der Waals surface area contributed by atoms with Gasteiger partial charge >= 0.3 is 6.03 Å². The zero-order valence-corrected chi connectivity index (χ0v) is 16.0. The largest absolute Gasteiger partial charge is 0.332 e. The van der Waals surface area contributed by atoms with Crippen LogP contribution in [0.25, 0.3) is 0 Å². The van der Waals surface area contributed by atoms with Crippen molar-refractivity contribution in [1.29, 1.82) is 0 Å². The maximum atomic E-state index is 12.8. The van der Waals surface area contributed by atoms with Gasteiger partial charge in [0.25, 0.3) is 0 Å². The van der Waals surface area contributed by atoms with Crippen molar-refractivity contribution >= 4 is 35.7 Å². The van der Waals surface area contributed by atoms with Gasteiger partial charge in [0.15, 0.2) is 0 Å². The average Bonchev–Trinajstić information content (AvgIpc) is 3.33. The van der Waals surface area contributed by atoms with Crippen LogP contribution in [-0.2, 0) is 4.79 Å². The van der Waals surface area contributed by atoms with Crippen molar-refractivity contribution in [3.63, 3.8) is 0 Å². The van der Waals surface area contributed by atoms with Crippen molar-refractivity contribution in [2.24, 2.45) is 0 Å². The van der Waals surface area contributed by atoms with E-state index in [1.165, 1.54) is 0 Å². The second-order valence-electron chi connectivity index (χ2n) is 7.57. The third-order valence-electron chi connectivity index (χ3n) is 5.56. The topological polar surface area (TPSA) is 78.5 Å². The van der Waals surface area contributed by atoms with E-state index in [2.05, 4.69) is 10.6 Å². The molecule has 2 aliphatic heterocycles. The molecule has 2 heterocycles. The molecule has 0 aromatic heterocycles. The van der Waals surface area contributed by atoms with Gasteiger partial charge in [-0.3, -0.25) is 9.59 Å². The van der Waals surface area contributed by atoms with Crippen molar-refractivity contribution in [3.8, 4) is 0 Å². The predicted octanol–water partition coefficient (Wildman–Crippen LogP) is 2.72. The highest BCUT2D eigenvalue weighted by Crippen LogP contribution is 2.34. The minimum atomic E-state index is -0.0499. The third kappa shape index (κ3) is 4.13. The first-order chi connectivity index (χ1) is 13.2. The van der Waals surface area contributed by atoms with Crippen molar-refractivity contribution in [2.45, 2.75) is 61.9 Å². The maximum absolute atomic E-state index is 12.8. The van der Waals surface area contributed by atoms with Crippen LogP contribution in [0.5, 0.6) is 0 Å². The maximum Gasteiger partial charge on any atom is 0.315 e. The van der Waals surface area contributed by atoms with Crippen LogP contribution in [0.3, 0.4) is 0 Å². The van der Waals surface area contributed by atoms with Gasteiger partial charge in [0.1, 0.15) is 6.29 Å². The molecule has 2 N–H and O–H groups in total. The number of rotatable bonds is 8. The Kier molecular flexibility index (Phi) is 5.38. The Bertz CT molecular complexity index is 720. The van der Waals surface area contributed by atoms with E-state index in [9.17, 15) is 14.4 Å². The fourth-order valence-electron chi connectivity index (χ4n) is 3.99. The second-order valence-corrected chi connectivity index (χ2v) is 8.84. The molecule has 3 fully saturated rings. The first-order valence-corrected chi connectivity index (χ1v) is 10.8. The normalized spacial score (nSPS) is 26.2. The van der Waals surface area contributed by atoms with Crippen molar-refractivity contribution < 1.29 is 14.4 Å². The van der Waals surface area contributed by atoms with Crippen LogP contribution in [0, 0.1) is 0 Å². The fraction of sp³-hybridized carbons (Fsp3) is 0.550. The molecule has 0 spiro atoms. The van der Waals surface area contributed by atoms with E-state index in [-0.39, 0.29) is 24.0 Å². The molecule has 1 aromatic rings. The van der Waals surface area contributed by atoms with Gasteiger partial charge in [-0.25, -0.2) is 4.79 Å². The molecule has 7 heteroatoms. The second kappa shape index (κ2) is 7.92. The van der Waals surface area contributed by atoms with Crippen LogP contribution in [-0.4, -0.2) is 47.4 Å². The highest BCUT2D eigenvalue weighted by atomic mass is 32.2. The van der Waals surface area contributed by atoms with Gasteiger partial charge in [-0.2, -0.15) is 11.8 Å². The lowest BCUT2D eigenvalue weighted by atomic mass is 10.0. The number of hydrogen-bond acceptors (Lipinski definition) is 4. The Labute approximate surface area is 163 Å². The van der Waals surface area contributed by atoms with Gasteiger partial charge in [-0.05, 0) is 49.9 Å². The van der Waals surface area contributed by atoms with Gasteiger partial charge in [-0.15, -0.1) is 0 Å². The van der Waals surface area contributed by atoms with Crippen LogP contribution >= 0.6 is 11.8 Å². The van der Waals surface area contributed by atoms with Gasteiger partial charge in [0.05, 0.1) is 12.1 Å². The molecule has 1 saturated carbocycles. The van der Waals surface area contributed by atoms with Crippen LogP contribution in [0.2, 0.25) is 0 Å². The fourth-order valence-corrected chi connectivity index (χ4v) is 5.53. The molecule has 27 heavy (non-hydrogen) atoms. The van der Waals surface area contributed by atoms with Crippen LogP contribution < -0.4 is 15.5 Å². The zero-order chi connectivity index (χ0) is 18.8. The van der Waals surface area contributed by atoms with E-state index in [0.717, 1.165) is 49.8 Å². The third-order valence-corrected chi connectivity index (χ3v) is 7.06. The van der Waals surface area contributed by atoms with Crippen molar-refractivity contribution in [1.82, 2.24) is 10.6 Å². The number of carbonyl (C=O) groups excluding carboxylic acids is 3. The average molecular weight is 388 g/mol. The molecule has 4 rings (SSSR count). The molecule has 1 aromatic carbocycles. The number of hydrogen-bond donors (Lipinski definition) is 2. The first kappa shape index (κ1) is 18.3. The molecule has 3 atom stereocenters. The van der Waals surface area contributed by atoms with E-state index in [1.807, 2.05) is 28.8 Å². The lowest BCUT2D eigenvalue weighted by Crippen LogP contribution is -2.36. The molecule has 0 unspecified atom stereocenters. The molecular formula is C20H25N3O3S. The van der Waals surface area contributed by atoms with Crippen molar-refractivity contribution in [3.05, 3.63) is 29.8 Å². The monoisotopic (exact) mass is 387 g/mol. The van der Waals surface area contributed by atoms with E-state index >= 15 is 0 Å². The number of nitrogens with one attached hydrogen (secondary N) is 2. The highest BCUT2D eigenvalue weighted by molar-refractivity contribution is 8.00. The number of urea groups is 1. The number of thioether (sulfide) groups is 1. The van der Waals surface area contributed by atoms with Gasteiger partial charge in [0.2, 0.25) is 5.91 Å². The summed E-state index contributed by atoms with van der Waals surface area (Å²) >= 11 is 1.92. The Morgan fingerprint density at radius 3 is 2.67 bits per heavy atom. The lowest BCUT2D eigenvalue weighted by Gasteiger charge is -2.23. The van der Waals surface area contributed by atoms with Crippen LogP contribution in [0.15, 0.2) is 24.3 Å². The molecule has 1 aliphatic carbocycles. The Morgan fingerprint density at radius 2 is 1.96 bits per heavy atom. The summed E-state index contributed by atoms with van der Waals surface area (Å²) < 4.78 is 0. The molecule has 6 nitrogen and oxygen atoms in total. The van der Waals surface area contributed by atoms with Gasteiger partial charge in [0, 0.05) is 34.7 Å². The standard InChI is InChI=1S/C20H25N3O3S/c24-11-13-5-7-14(8-6-13)23(15-9-10-15)18(25)4-2-1-3-17-19-16(12-27-17)21-20(26)22-19/h5-8,11,15-17,19H,1-4,9-10,12H2,(H2,21,22,26)/t16-,17-,19-/m0/s1. The lowest BCUT2D eigenvalue weighted by molar-refractivity contribution is -0.118. The molecule has 0 bridgehead atoms. The number of unbranched alkanes of at least 4 members (excludes halogenated alkanes) is 1. The molecule has 2 saturated heterocycles. The number of carbonyl (C=O) groups is 3. The summed E-state index contributed by atoms with van der Waals surface area (Å²) in [5, 5.41) is 6.42. The smallest absolute Gasteiger partial charge is 0.315 e. The van der Waals surface area contributed by atoms with E-state index < -0.39 is 0 Å². The van der Waals surface area contributed by atoms with Gasteiger partial charge in [-0.1, -0.05) is 6.42 Å². The summed E-state index contributed by atoms with van der Waals surface area (Å²) in [6.45, 7) is 0. The number of fused-ring (bicyclic) bond motifs is 1. The van der Waals surface area contributed by atoms with Gasteiger partial charge < -0.3 is 15.5 Å². The summed E-state index contributed by atoms with van der Waals surface area (Å²) in [6, 6.07) is 8.02. The number of benzene rings is 1.